The molecule has 0 radical (unpaired) electrons. The zero-order chi connectivity index (χ0) is 9.97. The maximum atomic E-state index is 11.9. The normalized spacial score (nSPS) is 21.1. The maximum absolute atomic E-state index is 11.9. The van der Waals surface area contributed by atoms with Crippen LogP contribution in [-0.4, -0.2) is 18.4 Å². The number of aryl methyl sites for hydroxylation is 1. The van der Waals surface area contributed by atoms with Crippen LogP contribution in [0.25, 0.3) is 0 Å². The number of carbonyl (C=O) groups is 1. The van der Waals surface area contributed by atoms with E-state index >= 15 is 0 Å². The molecule has 14 heavy (non-hydrogen) atoms. The van der Waals surface area contributed by atoms with Crippen molar-refractivity contribution in [3.05, 3.63) is 35.4 Å². The van der Waals surface area contributed by atoms with Gasteiger partial charge in [0, 0.05) is 5.56 Å². The van der Waals surface area contributed by atoms with Crippen LogP contribution in [0.5, 0.6) is 0 Å². The molecule has 0 unspecified atom stereocenters. The lowest BCUT2D eigenvalue weighted by molar-refractivity contribution is 0.0952. The van der Waals surface area contributed by atoms with Crippen molar-refractivity contribution in [1.29, 1.82) is 0 Å². The largest absolute Gasteiger partial charge is 0.307 e. The molecule has 1 heterocycles. The summed E-state index contributed by atoms with van der Waals surface area (Å²) in [5.74, 6) is 0.242. The molecule has 0 aliphatic carbocycles. The molecule has 2 rings (SSSR count). The molecule has 0 saturated carbocycles. The van der Waals surface area contributed by atoms with Gasteiger partial charge in [0.15, 0.2) is 5.78 Å². The second kappa shape index (κ2) is 3.93. The Morgan fingerprint density at radius 2 is 2.36 bits per heavy atom. The fraction of sp³-hybridized carbons (Fsp3) is 0.417. The Kier molecular flexibility index (Phi) is 2.64. The van der Waals surface area contributed by atoms with Gasteiger partial charge in [-0.1, -0.05) is 23.8 Å². The van der Waals surface area contributed by atoms with Crippen LogP contribution in [0.2, 0.25) is 0 Å². The molecule has 74 valence electrons. The van der Waals surface area contributed by atoms with Gasteiger partial charge in [0.25, 0.3) is 0 Å². The first-order valence-electron chi connectivity index (χ1n) is 5.11. The Balaban J connectivity index is 2.17. The van der Waals surface area contributed by atoms with Crippen molar-refractivity contribution in [2.75, 3.05) is 6.54 Å². The molecule has 1 N–H and O–H groups in total. The fourth-order valence-corrected chi connectivity index (χ4v) is 1.91. The van der Waals surface area contributed by atoms with Crippen LogP contribution in [-0.2, 0) is 0 Å². The van der Waals surface area contributed by atoms with Crippen molar-refractivity contribution in [3.8, 4) is 0 Å². The summed E-state index contributed by atoms with van der Waals surface area (Å²) in [7, 11) is 0. The summed E-state index contributed by atoms with van der Waals surface area (Å²) in [6, 6.07) is 7.87. The Morgan fingerprint density at radius 1 is 1.50 bits per heavy atom. The van der Waals surface area contributed by atoms with E-state index in [4.69, 9.17) is 0 Å². The van der Waals surface area contributed by atoms with Gasteiger partial charge in [-0.15, -0.1) is 0 Å². The van der Waals surface area contributed by atoms with E-state index in [1.807, 2.05) is 31.2 Å². The first kappa shape index (κ1) is 9.41. The third-order valence-corrected chi connectivity index (χ3v) is 2.68. The van der Waals surface area contributed by atoms with Gasteiger partial charge in [-0.2, -0.15) is 0 Å². The van der Waals surface area contributed by atoms with Gasteiger partial charge in [0.1, 0.15) is 0 Å². The highest BCUT2D eigenvalue weighted by molar-refractivity contribution is 6.00. The molecule has 0 bridgehead atoms. The summed E-state index contributed by atoms with van der Waals surface area (Å²) in [6.45, 7) is 2.99. The minimum Gasteiger partial charge on any atom is -0.307 e. The highest BCUT2D eigenvalue weighted by atomic mass is 16.1. The van der Waals surface area contributed by atoms with Gasteiger partial charge in [-0.05, 0) is 32.4 Å². The molecule has 1 atom stereocenters. The lowest BCUT2D eigenvalue weighted by Gasteiger charge is -2.08. The highest BCUT2D eigenvalue weighted by Gasteiger charge is 2.22. The molecule has 2 heteroatoms. The predicted molar refractivity (Wildman–Crippen MR) is 56.5 cm³/mol. The zero-order valence-corrected chi connectivity index (χ0v) is 8.42. The molecular formula is C12H15NO. The van der Waals surface area contributed by atoms with Crippen molar-refractivity contribution >= 4 is 5.78 Å². The van der Waals surface area contributed by atoms with Crippen LogP contribution in [0, 0.1) is 6.92 Å². The van der Waals surface area contributed by atoms with Crippen molar-refractivity contribution < 1.29 is 4.79 Å². The maximum Gasteiger partial charge on any atom is 0.179 e. The second-order valence-electron chi connectivity index (χ2n) is 3.88. The molecule has 0 aromatic heterocycles. The fourth-order valence-electron chi connectivity index (χ4n) is 1.91. The van der Waals surface area contributed by atoms with E-state index in [2.05, 4.69) is 5.32 Å². The number of rotatable bonds is 2. The first-order chi connectivity index (χ1) is 6.77. The summed E-state index contributed by atoms with van der Waals surface area (Å²) in [5.41, 5.74) is 1.98. The number of hydrogen-bond donors (Lipinski definition) is 1. The molecular weight excluding hydrogens is 174 g/mol. The number of nitrogens with one attached hydrogen (secondary N) is 1. The highest BCUT2D eigenvalue weighted by Crippen LogP contribution is 2.13. The van der Waals surface area contributed by atoms with E-state index in [1.54, 1.807) is 0 Å². The van der Waals surface area contributed by atoms with Gasteiger partial charge in [0.05, 0.1) is 6.04 Å². The quantitative estimate of drug-likeness (QED) is 0.720. The van der Waals surface area contributed by atoms with Crippen molar-refractivity contribution in [2.45, 2.75) is 25.8 Å². The van der Waals surface area contributed by atoms with Crippen LogP contribution < -0.4 is 5.32 Å². The lowest BCUT2D eigenvalue weighted by Crippen LogP contribution is -2.30. The van der Waals surface area contributed by atoms with Crippen LogP contribution >= 0.6 is 0 Å². The lowest BCUT2D eigenvalue weighted by atomic mass is 10.0. The molecule has 2 nitrogen and oxygen atoms in total. The number of carbonyl (C=O) groups excluding carboxylic acids is 1. The van der Waals surface area contributed by atoms with E-state index in [9.17, 15) is 4.79 Å². The third-order valence-electron chi connectivity index (χ3n) is 2.68. The van der Waals surface area contributed by atoms with E-state index in [0.29, 0.717) is 0 Å². The Morgan fingerprint density at radius 3 is 3.00 bits per heavy atom. The molecule has 0 amide bonds. The van der Waals surface area contributed by atoms with Crippen LogP contribution in [0.4, 0.5) is 0 Å². The first-order valence-corrected chi connectivity index (χ1v) is 5.11. The summed E-state index contributed by atoms with van der Waals surface area (Å²) >= 11 is 0. The molecule has 1 aliphatic heterocycles. The predicted octanol–water partition coefficient (Wildman–Crippen LogP) is 1.93. The van der Waals surface area contributed by atoms with E-state index < -0.39 is 0 Å². The zero-order valence-electron chi connectivity index (χ0n) is 8.42. The Hall–Kier alpha value is -1.15. The monoisotopic (exact) mass is 189 g/mol. The van der Waals surface area contributed by atoms with Crippen LogP contribution in [0.3, 0.4) is 0 Å². The average molecular weight is 189 g/mol. The molecule has 1 aliphatic rings. The molecule has 1 aromatic carbocycles. The van der Waals surface area contributed by atoms with Crippen molar-refractivity contribution in [3.63, 3.8) is 0 Å². The minimum absolute atomic E-state index is 0.0526. The Labute approximate surface area is 84.3 Å². The SMILES string of the molecule is Cc1cccc(C(=O)[C@@H]2CCCN2)c1. The van der Waals surface area contributed by atoms with Gasteiger partial charge in [-0.25, -0.2) is 0 Å². The van der Waals surface area contributed by atoms with Crippen molar-refractivity contribution in [2.24, 2.45) is 0 Å². The average Bonchev–Trinajstić information content (AvgIpc) is 2.69. The van der Waals surface area contributed by atoms with Crippen LogP contribution in [0.1, 0.15) is 28.8 Å². The molecule has 1 fully saturated rings. The van der Waals surface area contributed by atoms with Gasteiger partial charge in [0.2, 0.25) is 0 Å². The van der Waals surface area contributed by atoms with E-state index in [1.165, 1.54) is 0 Å². The standard InChI is InChI=1S/C12H15NO/c1-9-4-2-5-10(8-9)12(14)11-6-3-7-13-11/h2,4-5,8,11,13H,3,6-7H2,1H3/t11-/m0/s1. The summed E-state index contributed by atoms with van der Waals surface area (Å²) in [6.07, 6.45) is 2.09. The number of hydrogen-bond acceptors (Lipinski definition) is 2. The van der Waals surface area contributed by atoms with E-state index in [-0.39, 0.29) is 11.8 Å². The Bertz CT molecular complexity index is 340. The van der Waals surface area contributed by atoms with Gasteiger partial charge in [-0.3, -0.25) is 4.79 Å². The summed E-state index contributed by atoms with van der Waals surface area (Å²) in [4.78, 5) is 11.9. The molecule has 1 aromatic rings. The van der Waals surface area contributed by atoms with E-state index in [0.717, 1.165) is 30.5 Å². The summed E-state index contributed by atoms with van der Waals surface area (Å²) in [5, 5.41) is 3.22. The van der Waals surface area contributed by atoms with Crippen molar-refractivity contribution in [1.82, 2.24) is 5.32 Å². The topological polar surface area (TPSA) is 29.1 Å². The smallest absolute Gasteiger partial charge is 0.179 e. The minimum atomic E-state index is 0.0526. The van der Waals surface area contributed by atoms with Gasteiger partial charge >= 0.3 is 0 Å². The second-order valence-corrected chi connectivity index (χ2v) is 3.88. The van der Waals surface area contributed by atoms with Crippen LogP contribution in [0.15, 0.2) is 24.3 Å². The number of Topliss-reactive ketones (excluding diaryl/α,β-unsaturated/α-hetero) is 1. The van der Waals surface area contributed by atoms with Gasteiger partial charge < -0.3 is 5.32 Å². The molecule has 1 saturated heterocycles. The molecule has 0 spiro atoms. The third kappa shape index (κ3) is 1.85. The number of ketones is 1. The summed E-state index contributed by atoms with van der Waals surface area (Å²) < 4.78 is 0. The number of benzene rings is 1.